The van der Waals surface area contributed by atoms with E-state index >= 15 is 0 Å². The van der Waals surface area contributed by atoms with Gasteiger partial charge in [0.05, 0.1) is 6.42 Å². The lowest BCUT2D eigenvalue weighted by molar-refractivity contribution is -0.117. The molecule has 0 aliphatic heterocycles. The van der Waals surface area contributed by atoms with Crippen LogP contribution in [0.5, 0.6) is 0 Å². The van der Waals surface area contributed by atoms with Crippen molar-refractivity contribution in [2.75, 3.05) is 11.9 Å². The minimum absolute atomic E-state index is 0.0198. The third-order valence-electron chi connectivity index (χ3n) is 3.79. The molecular formula is C18H15FN2O2. The fraction of sp³-hybridized carbons (Fsp3) is 0.111. The highest BCUT2D eigenvalue weighted by Gasteiger charge is 2.14. The van der Waals surface area contributed by atoms with Gasteiger partial charge in [0.15, 0.2) is 5.43 Å². The largest absolute Gasteiger partial charge is 0.361 e. The molecule has 0 aliphatic rings. The van der Waals surface area contributed by atoms with Crippen LogP contribution in [-0.4, -0.2) is 17.9 Å². The molecule has 0 saturated heterocycles. The van der Waals surface area contributed by atoms with E-state index in [4.69, 9.17) is 0 Å². The normalized spacial score (nSPS) is 10.7. The molecule has 1 aromatic heterocycles. The second kappa shape index (κ2) is 6.04. The Labute approximate surface area is 132 Å². The molecule has 0 atom stereocenters. The number of pyridine rings is 1. The van der Waals surface area contributed by atoms with Gasteiger partial charge in [-0.05, 0) is 36.4 Å². The van der Waals surface area contributed by atoms with Gasteiger partial charge in [0.1, 0.15) is 5.82 Å². The summed E-state index contributed by atoms with van der Waals surface area (Å²) in [5.41, 5.74) is 1.57. The molecule has 0 fully saturated rings. The van der Waals surface area contributed by atoms with Gasteiger partial charge in [-0.25, -0.2) is 4.39 Å². The average Bonchev–Trinajstić information content (AvgIpc) is 2.57. The fourth-order valence-corrected chi connectivity index (χ4v) is 2.43. The standard InChI is InChI=1S/C18H15FN2O2/c1-21(14-8-6-13(19)7-9-14)17(22)10-12-11-20-16-5-3-2-4-15(16)18(12)23/h2-9,11H,10H2,1H3,(H,20,23). The van der Waals surface area contributed by atoms with Gasteiger partial charge < -0.3 is 9.88 Å². The molecule has 1 heterocycles. The predicted octanol–water partition coefficient (Wildman–Crippen LogP) is 2.87. The number of halogens is 1. The second-order valence-corrected chi connectivity index (χ2v) is 5.29. The van der Waals surface area contributed by atoms with E-state index in [0.29, 0.717) is 16.6 Å². The van der Waals surface area contributed by atoms with Crippen LogP contribution in [0.3, 0.4) is 0 Å². The SMILES string of the molecule is CN(C(=O)Cc1c[nH]c2ccccc2c1=O)c1ccc(F)cc1. The number of nitrogens with zero attached hydrogens (tertiary/aromatic N) is 1. The summed E-state index contributed by atoms with van der Waals surface area (Å²) in [4.78, 5) is 29.2. The number of amides is 1. The Bertz CT molecular complexity index is 916. The third-order valence-corrected chi connectivity index (χ3v) is 3.79. The molecule has 2 aromatic carbocycles. The first-order chi connectivity index (χ1) is 11.1. The molecule has 0 spiro atoms. The molecule has 3 rings (SSSR count). The highest BCUT2D eigenvalue weighted by Crippen LogP contribution is 2.14. The average molecular weight is 310 g/mol. The molecule has 23 heavy (non-hydrogen) atoms. The van der Waals surface area contributed by atoms with Crippen LogP contribution in [0.4, 0.5) is 10.1 Å². The van der Waals surface area contributed by atoms with E-state index in [-0.39, 0.29) is 23.6 Å². The summed E-state index contributed by atoms with van der Waals surface area (Å²) in [6.45, 7) is 0. The van der Waals surface area contributed by atoms with E-state index in [1.807, 2.05) is 12.1 Å². The molecule has 1 amide bonds. The Morgan fingerprint density at radius 3 is 2.57 bits per heavy atom. The van der Waals surface area contributed by atoms with Crippen LogP contribution < -0.4 is 10.3 Å². The summed E-state index contributed by atoms with van der Waals surface area (Å²) in [5, 5.41) is 0.558. The summed E-state index contributed by atoms with van der Waals surface area (Å²) < 4.78 is 13.0. The Morgan fingerprint density at radius 1 is 1.13 bits per heavy atom. The predicted molar refractivity (Wildman–Crippen MR) is 88.1 cm³/mol. The van der Waals surface area contributed by atoms with E-state index in [2.05, 4.69) is 4.98 Å². The lowest BCUT2D eigenvalue weighted by Gasteiger charge is -2.17. The van der Waals surface area contributed by atoms with Crippen molar-refractivity contribution in [3.63, 3.8) is 0 Å². The van der Waals surface area contributed by atoms with Crippen molar-refractivity contribution < 1.29 is 9.18 Å². The number of carbonyl (C=O) groups is 1. The van der Waals surface area contributed by atoms with Crippen LogP contribution in [0, 0.1) is 5.82 Å². The maximum atomic E-state index is 13.0. The van der Waals surface area contributed by atoms with Gasteiger partial charge in [0.2, 0.25) is 5.91 Å². The lowest BCUT2D eigenvalue weighted by atomic mass is 10.1. The molecule has 0 unspecified atom stereocenters. The molecule has 0 aliphatic carbocycles. The van der Waals surface area contributed by atoms with Crippen LogP contribution in [0.2, 0.25) is 0 Å². The minimum Gasteiger partial charge on any atom is -0.361 e. The van der Waals surface area contributed by atoms with E-state index in [1.54, 1.807) is 25.4 Å². The molecule has 5 heteroatoms. The molecule has 116 valence electrons. The zero-order chi connectivity index (χ0) is 16.4. The van der Waals surface area contributed by atoms with E-state index in [1.165, 1.54) is 29.2 Å². The number of nitrogens with one attached hydrogen (secondary N) is 1. The van der Waals surface area contributed by atoms with E-state index < -0.39 is 0 Å². The Balaban J connectivity index is 1.86. The number of hydrogen-bond acceptors (Lipinski definition) is 2. The van der Waals surface area contributed by atoms with Crippen LogP contribution in [-0.2, 0) is 11.2 Å². The molecular weight excluding hydrogens is 295 g/mol. The van der Waals surface area contributed by atoms with Gasteiger partial charge in [-0.1, -0.05) is 12.1 Å². The van der Waals surface area contributed by atoms with Crippen molar-refractivity contribution >= 4 is 22.5 Å². The highest BCUT2D eigenvalue weighted by molar-refractivity contribution is 5.94. The van der Waals surface area contributed by atoms with Crippen molar-refractivity contribution in [3.05, 3.63) is 76.3 Å². The number of carbonyl (C=O) groups excluding carboxylic acids is 1. The van der Waals surface area contributed by atoms with Gasteiger partial charge in [0.25, 0.3) is 0 Å². The lowest BCUT2D eigenvalue weighted by Crippen LogP contribution is -2.29. The third kappa shape index (κ3) is 2.99. The molecule has 4 nitrogen and oxygen atoms in total. The number of aromatic amines is 1. The molecule has 3 aromatic rings. The number of para-hydroxylation sites is 1. The number of fused-ring (bicyclic) bond motifs is 1. The first-order valence-corrected chi connectivity index (χ1v) is 7.17. The maximum absolute atomic E-state index is 13.0. The second-order valence-electron chi connectivity index (χ2n) is 5.29. The number of likely N-dealkylation sites (N-methyl/N-ethyl adjacent to an activating group) is 1. The van der Waals surface area contributed by atoms with Crippen molar-refractivity contribution in [2.45, 2.75) is 6.42 Å². The van der Waals surface area contributed by atoms with Gasteiger partial charge in [-0.15, -0.1) is 0 Å². The number of rotatable bonds is 3. The number of anilines is 1. The van der Waals surface area contributed by atoms with Crippen molar-refractivity contribution in [3.8, 4) is 0 Å². The van der Waals surface area contributed by atoms with Gasteiger partial charge >= 0.3 is 0 Å². The summed E-state index contributed by atoms with van der Waals surface area (Å²) >= 11 is 0. The van der Waals surface area contributed by atoms with Crippen molar-refractivity contribution in [1.29, 1.82) is 0 Å². The van der Waals surface area contributed by atoms with Crippen LogP contribution in [0.15, 0.2) is 59.5 Å². The Morgan fingerprint density at radius 2 is 1.83 bits per heavy atom. The topological polar surface area (TPSA) is 53.2 Å². The summed E-state index contributed by atoms with van der Waals surface area (Å²) in [6.07, 6.45) is 1.55. The summed E-state index contributed by atoms with van der Waals surface area (Å²) in [7, 11) is 1.60. The number of H-pyrrole nitrogens is 1. The zero-order valence-electron chi connectivity index (χ0n) is 12.5. The molecule has 0 saturated carbocycles. The number of aromatic nitrogens is 1. The quantitative estimate of drug-likeness (QED) is 0.809. The van der Waals surface area contributed by atoms with Crippen LogP contribution in [0.25, 0.3) is 10.9 Å². The highest BCUT2D eigenvalue weighted by atomic mass is 19.1. The van der Waals surface area contributed by atoms with Gasteiger partial charge in [-0.2, -0.15) is 0 Å². The molecule has 0 bridgehead atoms. The summed E-state index contributed by atoms with van der Waals surface area (Å²) in [6, 6.07) is 12.8. The fourth-order valence-electron chi connectivity index (χ4n) is 2.43. The van der Waals surface area contributed by atoms with Crippen LogP contribution in [0.1, 0.15) is 5.56 Å². The first-order valence-electron chi connectivity index (χ1n) is 7.17. The molecule has 0 radical (unpaired) electrons. The van der Waals surface area contributed by atoms with Gasteiger partial charge in [0, 0.05) is 35.4 Å². The Kier molecular flexibility index (Phi) is 3.93. The van der Waals surface area contributed by atoms with E-state index in [9.17, 15) is 14.0 Å². The van der Waals surface area contributed by atoms with E-state index in [0.717, 1.165) is 5.52 Å². The maximum Gasteiger partial charge on any atom is 0.231 e. The monoisotopic (exact) mass is 310 g/mol. The van der Waals surface area contributed by atoms with Crippen LogP contribution >= 0.6 is 0 Å². The van der Waals surface area contributed by atoms with Crippen molar-refractivity contribution in [1.82, 2.24) is 4.98 Å². The number of hydrogen-bond donors (Lipinski definition) is 1. The van der Waals surface area contributed by atoms with Crippen molar-refractivity contribution in [2.24, 2.45) is 0 Å². The Hall–Kier alpha value is -2.95. The number of benzene rings is 2. The first kappa shape index (κ1) is 15.0. The summed E-state index contributed by atoms with van der Waals surface area (Å²) in [5.74, 6) is -0.599. The smallest absolute Gasteiger partial charge is 0.231 e. The molecule has 1 N–H and O–H groups in total. The zero-order valence-corrected chi connectivity index (χ0v) is 12.5. The van der Waals surface area contributed by atoms with Gasteiger partial charge in [-0.3, -0.25) is 9.59 Å². The minimum atomic E-state index is -0.361.